The van der Waals surface area contributed by atoms with E-state index in [0.717, 1.165) is 16.8 Å². The van der Waals surface area contributed by atoms with Crippen LogP contribution in [0.1, 0.15) is 37.3 Å². The first-order valence-corrected chi connectivity index (χ1v) is 10.5. The molecule has 5 heteroatoms. The molecule has 1 aliphatic heterocycles. The fourth-order valence-corrected chi connectivity index (χ4v) is 4.90. The molecular weight excluding hydrogens is 378 g/mol. The van der Waals surface area contributed by atoms with Crippen molar-refractivity contribution >= 4 is 23.7 Å². The molecule has 0 bridgehead atoms. The van der Waals surface area contributed by atoms with Gasteiger partial charge in [-0.3, -0.25) is 9.59 Å². The summed E-state index contributed by atoms with van der Waals surface area (Å²) < 4.78 is 10.8. The zero-order chi connectivity index (χ0) is 21.1. The number of carbonyl (C=O) groups excluding carboxylic acids is 2. The lowest BCUT2D eigenvalue weighted by molar-refractivity contribution is -0.172. The summed E-state index contributed by atoms with van der Waals surface area (Å²) in [7, 11) is 0. The number of para-hydroxylation sites is 1. The van der Waals surface area contributed by atoms with E-state index in [9.17, 15) is 9.59 Å². The number of nitrogens with one attached hydrogen (secondary N) is 1. The number of hydrogen-bond acceptors (Lipinski definition) is 5. The molecule has 0 unspecified atom stereocenters. The molecule has 156 valence electrons. The SMILES string of the molecule is CCOC(=O)C1(C(=O)OCC)C[C@@H](/C=C/c2ccccc2)[C@H]2c3ccccc3N[C@H]21. The van der Waals surface area contributed by atoms with Crippen molar-refractivity contribution in [1.29, 1.82) is 0 Å². The van der Waals surface area contributed by atoms with Crippen LogP contribution in [0.4, 0.5) is 5.69 Å². The molecule has 0 amide bonds. The first kappa shape index (κ1) is 20.2. The largest absolute Gasteiger partial charge is 0.465 e. The molecule has 0 spiro atoms. The van der Waals surface area contributed by atoms with E-state index in [-0.39, 0.29) is 25.0 Å². The molecule has 2 aromatic rings. The average molecular weight is 405 g/mol. The summed E-state index contributed by atoms with van der Waals surface area (Å²) in [5.41, 5.74) is 1.79. The molecule has 2 aliphatic rings. The van der Waals surface area contributed by atoms with Crippen LogP contribution < -0.4 is 5.32 Å². The van der Waals surface area contributed by atoms with Crippen LogP contribution in [0, 0.1) is 11.3 Å². The van der Waals surface area contributed by atoms with E-state index in [0.29, 0.717) is 6.42 Å². The number of anilines is 1. The average Bonchev–Trinajstić information content (AvgIpc) is 3.29. The molecule has 5 nitrogen and oxygen atoms in total. The van der Waals surface area contributed by atoms with Crippen molar-refractivity contribution in [2.75, 3.05) is 18.5 Å². The molecule has 1 aliphatic carbocycles. The van der Waals surface area contributed by atoms with E-state index in [1.165, 1.54) is 0 Å². The lowest BCUT2D eigenvalue weighted by atomic mass is 9.80. The van der Waals surface area contributed by atoms with Gasteiger partial charge in [-0.05, 0) is 43.4 Å². The summed E-state index contributed by atoms with van der Waals surface area (Å²) in [5.74, 6) is -1.04. The Morgan fingerprint density at radius 1 is 1.00 bits per heavy atom. The van der Waals surface area contributed by atoms with Crippen molar-refractivity contribution < 1.29 is 19.1 Å². The Kier molecular flexibility index (Phi) is 5.62. The highest BCUT2D eigenvalue weighted by molar-refractivity contribution is 6.03. The normalized spacial score (nSPS) is 23.5. The number of allylic oxidation sites excluding steroid dienone is 1. The van der Waals surface area contributed by atoms with Gasteiger partial charge in [-0.25, -0.2) is 0 Å². The molecule has 1 saturated carbocycles. The van der Waals surface area contributed by atoms with Crippen molar-refractivity contribution in [1.82, 2.24) is 0 Å². The number of esters is 2. The number of benzene rings is 2. The van der Waals surface area contributed by atoms with Gasteiger partial charge in [0.15, 0.2) is 5.41 Å². The van der Waals surface area contributed by atoms with Gasteiger partial charge in [-0.2, -0.15) is 0 Å². The molecule has 3 atom stereocenters. The second-order valence-corrected chi connectivity index (χ2v) is 7.79. The lowest BCUT2D eigenvalue weighted by Crippen LogP contribution is -2.50. The smallest absolute Gasteiger partial charge is 0.325 e. The number of rotatable bonds is 6. The molecule has 4 rings (SSSR count). The van der Waals surface area contributed by atoms with E-state index in [2.05, 4.69) is 23.5 Å². The van der Waals surface area contributed by atoms with Gasteiger partial charge in [0.05, 0.1) is 19.3 Å². The third-order valence-electron chi connectivity index (χ3n) is 6.15. The van der Waals surface area contributed by atoms with Crippen LogP contribution in [0.2, 0.25) is 0 Å². The van der Waals surface area contributed by atoms with Crippen LogP contribution in [0.5, 0.6) is 0 Å². The molecular formula is C25H27NO4. The van der Waals surface area contributed by atoms with E-state index in [4.69, 9.17) is 9.47 Å². The van der Waals surface area contributed by atoms with Gasteiger partial charge in [-0.15, -0.1) is 0 Å². The highest BCUT2D eigenvalue weighted by Gasteiger charge is 2.66. The maximum Gasteiger partial charge on any atom is 0.325 e. The molecule has 0 radical (unpaired) electrons. The minimum Gasteiger partial charge on any atom is -0.465 e. The number of carbonyl (C=O) groups is 2. The molecule has 30 heavy (non-hydrogen) atoms. The van der Waals surface area contributed by atoms with E-state index >= 15 is 0 Å². The minimum atomic E-state index is -1.37. The summed E-state index contributed by atoms with van der Waals surface area (Å²) in [6.07, 6.45) is 4.54. The van der Waals surface area contributed by atoms with Crippen LogP contribution >= 0.6 is 0 Å². The van der Waals surface area contributed by atoms with Gasteiger partial charge in [0.2, 0.25) is 0 Å². The standard InChI is InChI=1S/C25H27NO4/c1-3-29-23(27)25(24(28)30-4-2)16-18(15-14-17-10-6-5-7-11-17)21-19-12-8-9-13-20(19)26-22(21)25/h5-15,18,21-22,26H,3-4,16H2,1-2H3/b15-14+/t18-,21+,22-/m1/s1. The van der Waals surface area contributed by atoms with Crippen LogP contribution in [0.25, 0.3) is 6.08 Å². The van der Waals surface area contributed by atoms with Gasteiger partial charge < -0.3 is 14.8 Å². The Morgan fingerprint density at radius 2 is 1.63 bits per heavy atom. The predicted molar refractivity (Wildman–Crippen MR) is 116 cm³/mol. The Balaban J connectivity index is 1.78. The molecule has 0 aromatic heterocycles. The van der Waals surface area contributed by atoms with Gasteiger partial charge in [0, 0.05) is 11.6 Å². The Labute approximate surface area is 177 Å². The first-order valence-electron chi connectivity index (χ1n) is 10.5. The molecule has 0 saturated heterocycles. The topological polar surface area (TPSA) is 64.6 Å². The van der Waals surface area contributed by atoms with Gasteiger partial charge in [0.1, 0.15) is 0 Å². The zero-order valence-corrected chi connectivity index (χ0v) is 17.3. The number of ether oxygens (including phenoxy) is 2. The molecule has 1 N–H and O–H groups in total. The maximum atomic E-state index is 13.2. The maximum absolute atomic E-state index is 13.2. The van der Waals surface area contributed by atoms with E-state index in [1.54, 1.807) is 13.8 Å². The van der Waals surface area contributed by atoms with Crippen molar-refractivity contribution in [3.8, 4) is 0 Å². The quantitative estimate of drug-likeness (QED) is 0.570. The Morgan fingerprint density at radius 3 is 2.30 bits per heavy atom. The van der Waals surface area contributed by atoms with Crippen LogP contribution in [-0.4, -0.2) is 31.2 Å². The fraction of sp³-hybridized carbons (Fsp3) is 0.360. The molecule has 1 heterocycles. The second kappa shape index (κ2) is 8.34. The number of hydrogen-bond donors (Lipinski definition) is 1. The molecule has 1 fully saturated rings. The van der Waals surface area contributed by atoms with Crippen LogP contribution in [0.15, 0.2) is 60.7 Å². The zero-order valence-electron chi connectivity index (χ0n) is 17.3. The van der Waals surface area contributed by atoms with Gasteiger partial charge in [0.25, 0.3) is 0 Å². The Bertz CT molecular complexity index is 935. The van der Waals surface area contributed by atoms with E-state index < -0.39 is 23.4 Å². The third kappa shape index (κ3) is 3.28. The Hall–Kier alpha value is -3.08. The fourth-order valence-electron chi connectivity index (χ4n) is 4.90. The van der Waals surface area contributed by atoms with Crippen molar-refractivity contribution in [3.05, 3.63) is 71.8 Å². The second-order valence-electron chi connectivity index (χ2n) is 7.79. The minimum absolute atomic E-state index is 0.0137. The monoisotopic (exact) mass is 405 g/mol. The molecule has 2 aromatic carbocycles. The van der Waals surface area contributed by atoms with Crippen LogP contribution in [-0.2, 0) is 19.1 Å². The van der Waals surface area contributed by atoms with Crippen molar-refractivity contribution in [2.24, 2.45) is 11.3 Å². The third-order valence-corrected chi connectivity index (χ3v) is 6.15. The summed E-state index contributed by atoms with van der Waals surface area (Å²) in [5, 5.41) is 3.46. The van der Waals surface area contributed by atoms with E-state index in [1.807, 2.05) is 48.5 Å². The van der Waals surface area contributed by atoms with Crippen molar-refractivity contribution in [3.63, 3.8) is 0 Å². The first-order chi connectivity index (χ1) is 14.6. The predicted octanol–water partition coefficient (Wildman–Crippen LogP) is 4.41. The highest BCUT2D eigenvalue weighted by Crippen LogP contribution is 2.58. The van der Waals surface area contributed by atoms with Gasteiger partial charge in [-0.1, -0.05) is 60.7 Å². The van der Waals surface area contributed by atoms with Gasteiger partial charge >= 0.3 is 11.9 Å². The number of fused-ring (bicyclic) bond motifs is 3. The lowest BCUT2D eigenvalue weighted by Gasteiger charge is -2.30. The summed E-state index contributed by atoms with van der Waals surface area (Å²) in [6.45, 7) is 3.95. The van der Waals surface area contributed by atoms with Crippen molar-refractivity contribution in [2.45, 2.75) is 32.2 Å². The van der Waals surface area contributed by atoms with Crippen LogP contribution in [0.3, 0.4) is 0 Å². The summed E-state index contributed by atoms with van der Waals surface area (Å²) in [6, 6.07) is 17.6. The summed E-state index contributed by atoms with van der Waals surface area (Å²) in [4.78, 5) is 26.4. The highest BCUT2D eigenvalue weighted by atomic mass is 16.6. The summed E-state index contributed by atoms with van der Waals surface area (Å²) >= 11 is 0.